The third-order valence-electron chi connectivity index (χ3n) is 3.23. The monoisotopic (exact) mass is 257 g/mol. The van der Waals surface area contributed by atoms with Crippen molar-refractivity contribution in [3.63, 3.8) is 0 Å². The van der Waals surface area contributed by atoms with E-state index in [9.17, 15) is 4.39 Å². The van der Waals surface area contributed by atoms with Crippen LogP contribution < -0.4 is 5.32 Å². The molecule has 0 fully saturated rings. The molecule has 0 radical (unpaired) electrons. The lowest BCUT2D eigenvalue weighted by Gasteiger charge is -2.12. The summed E-state index contributed by atoms with van der Waals surface area (Å²) >= 11 is 0. The third kappa shape index (κ3) is 3.65. The van der Waals surface area contributed by atoms with E-state index in [0.717, 1.165) is 18.5 Å². The van der Waals surface area contributed by atoms with Gasteiger partial charge in [-0.25, -0.2) is 4.39 Å². The van der Waals surface area contributed by atoms with E-state index < -0.39 is 0 Å². The van der Waals surface area contributed by atoms with Crippen LogP contribution in [0, 0.1) is 5.82 Å². The highest BCUT2D eigenvalue weighted by Gasteiger charge is 2.05. The normalized spacial score (nSPS) is 12.4. The third-order valence-corrected chi connectivity index (χ3v) is 3.23. The smallest absolute Gasteiger partial charge is 0.131 e. The lowest BCUT2D eigenvalue weighted by Crippen LogP contribution is -2.27. The van der Waals surface area contributed by atoms with Crippen molar-refractivity contribution in [3.05, 3.63) is 59.9 Å². The maximum atomic E-state index is 13.7. The molecule has 1 N–H and O–H groups in total. The summed E-state index contributed by atoms with van der Waals surface area (Å²) in [4.78, 5) is 0. The fraction of sp³-hybridized carbons (Fsp3) is 0.294. The van der Waals surface area contributed by atoms with Crippen LogP contribution in [0.1, 0.15) is 19.4 Å². The molecule has 0 aliphatic carbocycles. The van der Waals surface area contributed by atoms with E-state index in [4.69, 9.17) is 0 Å². The molecule has 0 saturated carbocycles. The summed E-state index contributed by atoms with van der Waals surface area (Å²) in [5, 5.41) is 3.39. The topological polar surface area (TPSA) is 12.0 Å². The lowest BCUT2D eigenvalue weighted by molar-refractivity contribution is 0.565. The van der Waals surface area contributed by atoms with Crippen molar-refractivity contribution in [1.29, 1.82) is 0 Å². The number of halogens is 1. The van der Waals surface area contributed by atoms with Crippen LogP contribution in [0.5, 0.6) is 0 Å². The fourth-order valence-corrected chi connectivity index (χ4v) is 2.29. The lowest BCUT2D eigenvalue weighted by atomic mass is 10.0. The van der Waals surface area contributed by atoms with Crippen LogP contribution in [0.15, 0.2) is 48.5 Å². The molecule has 0 amide bonds. The van der Waals surface area contributed by atoms with Gasteiger partial charge in [0, 0.05) is 11.6 Å². The van der Waals surface area contributed by atoms with E-state index >= 15 is 0 Å². The van der Waals surface area contributed by atoms with Crippen LogP contribution in [-0.2, 0) is 6.42 Å². The number of hydrogen-bond acceptors (Lipinski definition) is 1. The molecule has 2 aromatic rings. The molecule has 0 heterocycles. The van der Waals surface area contributed by atoms with Crippen molar-refractivity contribution in [1.82, 2.24) is 5.32 Å². The van der Waals surface area contributed by atoms with Crippen molar-refractivity contribution in [2.45, 2.75) is 26.3 Å². The zero-order chi connectivity index (χ0) is 13.7. The van der Waals surface area contributed by atoms with Crippen LogP contribution in [0.25, 0.3) is 11.1 Å². The predicted octanol–water partition coefficient (Wildman–Crippen LogP) is 4.03. The van der Waals surface area contributed by atoms with Crippen LogP contribution in [-0.4, -0.2) is 12.6 Å². The Hall–Kier alpha value is -1.67. The Morgan fingerprint density at radius 1 is 1.05 bits per heavy atom. The number of likely N-dealkylation sites (N-methyl/N-ethyl adjacent to an activating group) is 1. The van der Waals surface area contributed by atoms with Gasteiger partial charge in [-0.1, -0.05) is 49.4 Å². The standard InChI is InChI=1S/C17H20FN/c1-3-19-13(2)12-14-8-10-15(11-9-14)16-6-4-5-7-17(16)18/h4-11,13,19H,3,12H2,1-2H3. The maximum Gasteiger partial charge on any atom is 0.131 e. The van der Waals surface area contributed by atoms with Gasteiger partial charge in [0.05, 0.1) is 0 Å². The number of hydrogen-bond donors (Lipinski definition) is 1. The molecule has 0 aliphatic rings. The second-order valence-corrected chi connectivity index (χ2v) is 4.84. The van der Waals surface area contributed by atoms with Gasteiger partial charge in [-0.2, -0.15) is 0 Å². The molecule has 1 atom stereocenters. The van der Waals surface area contributed by atoms with Gasteiger partial charge in [0.2, 0.25) is 0 Å². The fourth-order valence-electron chi connectivity index (χ4n) is 2.29. The largest absolute Gasteiger partial charge is 0.314 e. The molecule has 1 unspecified atom stereocenters. The molecule has 1 nitrogen and oxygen atoms in total. The van der Waals surface area contributed by atoms with Crippen molar-refractivity contribution in [2.75, 3.05) is 6.54 Å². The van der Waals surface area contributed by atoms with Crippen LogP contribution in [0.3, 0.4) is 0 Å². The molecular weight excluding hydrogens is 237 g/mol. The second kappa shape index (κ2) is 6.48. The van der Waals surface area contributed by atoms with Gasteiger partial charge in [-0.15, -0.1) is 0 Å². The number of nitrogens with one attached hydrogen (secondary N) is 1. The molecule has 2 heteroatoms. The SMILES string of the molecule is CCNC(C)Cc1ccc(-c2ccccc2F)cc1. The zero-order valence-corrected chi connectivity index (χ0v) is 11.5. The first-order valence-corrected chi connectivity index (χ1v) is 6.78. The highest BCUT2D eigenvalue weighted by Crippen LogP contribution is 2.22. The molecule has 100 valence electrons. The Balaban J connectivity index is 2.13. The average Bonchev–Trinajstić information content (AvgIpc) is 2.41. The average molecular weight is 257 g/mol. The maximum absolute atomic E-state index is 13.7. The highest BCUT2D eigenvalue weighted by molar-refractivity contribution is 5.64. The highest BCUT2D eigenvalue weighted by atomic mass is 19.1. The van der Waals surface area contributed by atoms with Gasteiger partial charge in [0.15, 0.2) is 0 Å². The minimum atomic E-state index is -0.170. The Morgan fingerprint density at radius 2 is 1.74 bits per heavy atom. The summed E-state index contributed by atoms with van der Waals surface area (Å²) in [6, 6.07) is 15.5. The van der Waals surface area contributed by atoms with E-state index in [0.29, 0.717) is 11.6 Å². The quantitative estimate of drug-likeness (QED) is 0.852. The van der Waals surface area contributed by atoms with Gasteiger partial charge in [-0.3, -0.25) is 0 Å². The Morgan fingerprint density at radius 3 is 2.37 bits per heavy atom. The molecule has 19 heavy (non-hydrogen) atoms. The van der Waals surface area contributed by atoms with Gasteiger partial charge in [-0.05, 0) is 37.1 Å². The first-order chi connectivity index (χ1) is 9.20. The first-order valence-electron chi connectivity index (χ1n) is 6.78. The summed E-state index contributed by atoms with van der Waals surface area (Å²) in [5.41, 5.74) is 2.86. The Kier molecular flexibility index (Phi) is 4.69. The summed E-state index contributed by atoms with van der Waals surface area (Å²) < 4.78 is 13.7. The van der Waals surface area contributed by atoms with E-state index in [-0.39, 0.29) is 5.82 Å². The van der Waals surface area contributed by atoms with Crippen molar-refractivity contribution < 1.29 is 4.39 Å². The van der Waals surface area contributed by atoms with Crippen molar-refractivity contribution in [3.8, 4) is 11.1 Å². The molecule has 0 spiro atoms. The van der Waals surface area contributed by atoms with E-state index in [1.165, 1.54) is 11.6 Å². The van der Waals surface area contributed by atoms with E-state index in [1.54, 1.807) is 6.07 Å². The molecule has 0 aliphatic heterocycles. The Labute approximate surface area is 114 Å². The molecule has 0 bridgehead atoms. The van der Waals surface area contributed by atoms with E-state index in [1.807, 2.05) is 24.3 Å². The predicted molar refractivity (Wildman–Crippen MR) is 78.7 cm³/mol. The Bertz CT molecular complexity index is 519. The minimum Gasteiger partial charge on any atom is -0.314 e. The van der Waals surface area contributed by atoms with Crippen molar-refractivity contribution in [2.24, 2.45) is 0 Å². The number of benzene rings is 2. The van der Waals surface area contributed by atoms with Crippen molar-refractivity contribution >= 4 is 0 Å². The summed E-state index contributed by atoms with van der Waals surface area (Å²) in [7, 11) is 0. The van der Waals surface area contributed by atoms with Crippen LogP contribution in [0.2, 0.25) is 0 Å². The van der Waals surface area contributed by atoms with Gasteiger partial charge in [0.25, 0.3) is 0 Å². The van der Waals surface area contributed by atoms with E-state index in [2.05, 4.69) is 31.3 Å². The van der Waals surface area contributed by atoms with Gasteiger partial charge >= 0.3 is 0 Å². The van der Waals surface area contributed by atoms with Crippen LogP contribution >= 0.6 is 0 Å². The summed E-state index contributed by atoms with van der Waals surface area (Å²) in [5.74, 6) is -0.170. The molecule has 0 saturated heterocycles. The molecule has 0 aromatic heterocycles. The second-order valence-electron chi connectivity index (χ2n) is 4.84. The number of rotatable bonds is 5. The van der Waals surface area contributed by atoms with Gasteiger partial charge in [0.1, 0.15) is 5.82 Å². The minimum absolute atomic E-state index is 0.170. The summed E-state index contributed by atoms with van der Waals surface area (Å²) in [6.07, 6.45) is 0.991. The summed E-state index contributed by atoms with van der Waals surface area (Å²) in [6.45, 7) is 5.26. The molecule has 2 rings (SSSR count). The molecular formula is C17H20FN. The molecule has 2 aromatic carbocycles. The van der Waals surface area contributed by atoms with Crippen LogP contribution in [0.4, 0.5) is 4.39 Å². The van der Waals surface area contributed by atoms with Gasteiger partial charge < -0.3 is 5.32 Å². The zero-order valence-electron chi connectivity index (χ0n) is 11.5. The first kappa shape index (κ1) is 13.8.